The zero-order valence-electron chi connectivity index (χ0n) is 9.37. The minimum Gasteiger partial charge on any atom is -0.487 e. The maximum absolute atomic E-state index is 13.0. The summed E-state index contributed by atoms with van der Waals surface area (Å²) in [5.41, 5.74) is 1.61. The van der Waals surface area contributed by atoms with Gasteiger partial charge in [-0.05, 0) is 46.3 Å². The van der Waals surface area contributed by atoms with Gasteiger partial charge in [0.2, 0.25) is 0 Å². The molecule has 0 unspecified atom stereocenters. The van der Waals surface area contributed by atoms with Crippen LogP contribution in [-0.4, -0.2) is 4.98 Å². The molecule has 2 nitrogen and oxygen atoms in total. The molecule has 94 valence electrons. The van der Waals surface area contributed by atoms with E-state index in [-0.39, 0.29) is 5.82 Å². The van der Waals surface area contributed by atoms with E-state index >= 15 is 0 Å². The summed E-state index contributed by atoms with van der Waals surface area (Å²) < 4.78 is 19.6. The summed E-state index contributed by atoms with van der Waals surface area (Å²) in [4.78, 5) is 4.21. The monoisotopic (exact) mass is 373 g/mol. The third-order valence-electron chi connectivity index (χ3n) is 2.33. The Morgan fingerprint density at radius 3 is 2.72 bits per heavy atom. The van der Waals surface area contributed by atoms with Crippen LogP contribution >= 0.6 is 31.9 Å². The van der Waals surface area contributed by atoms with Crippen LogP contribution in [0.5, 0.6) is 5.75 Å². The number of pyridine rings is 1. The molecule has 0 spiro atoms. The molecule has 5 heteroatoms. The molecule has 0 aliphatic rings. The van der Waals surface area contributed by atoms with Gasteiger partial charge < -0.3 is 4.74 Å². The fourth-order valence-electron chi connectivity index (χ4n) is 1.44. The number of nitrogens with zero attached hydrogens (tertiary/aromatic N) is 1. The Morgan fingerprint density at radius 1 is 1.22 bits per heavy atom. The number of halogens is 3. The van der Waals surface area contributed by atoms with Crippen LogP contribution in [0.2, 0.25) is 0 Å². The number of ether oxygens (including phenoxy) is 1. The predicted octanol–water partition coefficient (Wildman–Crippen LogP) is 4.46. The summed E-state index contributed by atoms with van der Waals surface area (Å²) in [5.74, 6) is 0.400. The van der Waals surface area contributed by atoms with Gasteiger partial charge in [-0.2, -0.15) is 0 Å². The minimum absolute atomic E-state index is 0.265. The molecule has 0 saturated heterocycles. The van der Waals surface area contributed by atoms with Gasteiger partial charge in [0.05, 0.1) is 5.69 Å². The van der Waals surface area contributed by atoms with Crippen LogP contribution in [0, 0.1) is 5.82 Å². The molecule has 0 atom stereocenters. The summed E-state index contributed by atoms with van der Waals surface area (Å²) in [6.07, 6.45) is 1.72. The number of rotatable bonds is 4. The fourth-order valence-corrected chi connectivity index (χ4v) is 2.11. The van der Waals surface area contributed by atoms with Crippen LogP contribution in [0.3, 0.4) is 0 Å². The van der Waals surface area contributed by atoms with Crippen molar-refractivity contribution < 1.29 is 9.13 Å². The van der Waals surface area contributed by atoms with Gasteiger partial charge in [0.15, 0.2) is 0 Å². The van der Waals surface area contributed by atoms with Crippen molar-refractivity contribution in [1.82, 2.24) is 4.98 Å². The van der Waals surface area contributed by atoms with Crippen molar-refractivity contribution in [1.29, 1.82) is 0 Å². The van der Waals surface area contributed by atoms with Crippen LogP contribution in [0.4, 0.5) is 4.39 Å². The standard InChI is InChI=1S/C13H10Br2FNO/c14-6-9-5-11(16)2-4-13(9)18-8-12-3-1-10(15)7-17-12/h1-5,7H,6,8H2. The van der Waals surface area contributed by atoms with E-state index < -0.39 is 0 Å². The minimum atomic E-state index is -0.265. The molecule has 18 heavy (non-hydrogen) atoms. The molecule has 0 fully saturated rings. The van der Waals surface area contributed by atoms with Gasteiger partial charge in [-0.15, -0.1) is 0 Å². The summed E-state index contributed by atoms with van der Waals surface area (Å²) in [6.45, 7) is 0.360. The maximum atomic E-state index is 13.0. The van der Waals surface area contributed by atoms with E-state index in [1.165, 1.54) is 12.1 Å². The van der Waals surface area contributed by atoms with Gasteiger partial charge >= 0.3 is 0 Å². The molecule has 0 N–H and O–H groups in total. The summed E-state index contributed by atoms with van der Waals surface area (Å²) in [5, 5.41) is 0.549. The van der Waals surface area contributed by atoms with E-state index in [1.807, 2.05) is 12.1 Å². The molecule has 0 saturated carbocycles. The summed E-state index contributed by atoms with van der Waals surface area (Å²) in [7, 11) is 0. The Labute approximate surface area is 121 Å². The molecule has 1 heterocycles. The zero-order chi connectivity index (χ0) is 13.0. The summed E-state index contributed by atoms with van der Waals surface area (Å²) in [6, 6.07) is 8.25. The molecule has 1 aromatic heterocycles. The first-order valence-electron chi connectivity index (χ1n) is 5.26. The van der Waals surface area contributed by atoms with Gasteiger partial charge in [0.1, 0.15) is 18.2 Å². The van der Waals surface area contributed by atoms with E-state index in [0.717, 1.165) is 15.7 Å². The number of aromatic nitrogens is 1. The lowest BCUT2D eigenvalue weighted by Gasteiger charge is -2.09. The quantitative estimate of drug-likeness (QED) is 0.737. The van der Waals surface area contributed by atoms with Gasteiger partial charge in [-0.1, -0.05) is 15.9 Å². The molecule has 0 radical (unpaired) electrons. The molecular formula is C13H10Br2FNO. The Kier molecular flexibility index (Phi) is 4.72. The molecule has 2 rings (SSSR count). The highest BCUT2D eigenvalue weighted by Gasteiger charge is 2.05. The molecule has 2 aromatic rings. The van der Waals surface area contributed by atoms with E-state index in [4.69, 9.17) is 4.74 Å². The molecule has 0 amide bonds. The Hall–Kier alpha value is -0.940. The van der Waals surface area contributed by atoms with Gasteiger partial charge in [-0.3, -0.25) is 4.98 Å². The normalized spacial score (nSPS) is 10.4. The van der Waals surface area contributed by atoms with E-state index in [1.54, 1.807) is 12.3 Å². The van der Waals surface area contributed by atoms with Crippen molar-refractivity contribution in [3.05, 3.63) is 58.1 Å². The van der Waals surface area contributed by atoms with Crippen molar-refractivity contribution in [2.45, 2.75) is 11.9 Å². The Bertz CT molecular complexity index is 531. The first-order chi connectivity index (χ1) is 8.69. The SMILES string of the molecule is Fc1ccc(OCc2ccc(Br)cn2)c(CBr)c1. The lowest BCUT2D eigenvalue weighted by Crippen LogP contribution is -2.00. The van der Waals surface area contributed by atoms with Gasteiger partial charge in [0.25, 0.3) is 0 Å². The van der Waals surface area contributed by atoms with Crippen LogP contribution in [0.1, 0.15) is 11.3 Å². The van der Waals surface area contributed by atoms with Crippen LogP contribution in [-0.2, 0) is 11.9 Å². The molecule has 0 bridgehead atoms. The summed E-state index contributed by atoms with van der Waals surface area (Å²) >= 11 is 6.63. The van der Waals surface area contributed by atoms with Gasteiger partial charge in [-0.25, -0.2) is 4.39 Å². The highest BCUT2D eigenvalue weighted by atomic mass is 79.9. The van der Waals surface area contributed by atoms with Crippen molar-refractivity contribution in [2.24, 2.45) is 0 Å². The maximum Gasteiger partial charge on any atom is 0.130 e. The van der Waals surface area contributed by atoms with Crippen molar-refractivity contribution in [3.8, 4) is 5.75 Å². The van der Waals surface area contributed by atoms with Crippen LogP contribution in [0.25, 0.3) is 0 Å². The van der Waals surface area contributed by atoms with E-state index in [0.29, 0.717) is 17.7 Å². The molecular weight excluding hydrogens is 365 g/mol. The topological polar surface area (TPSA) is 22.1 Å². The van der Waals surface area contributed by atoms with E-state index in [9.17, 15) is 4.39 Å². The highest BCUT2D eigenvalue weighted by molar-refractivity contribution is 9.10. The lowest BCUT2D eigenvalue weighted by molar-refractivity contribution is 0.298. The van der Waals surface area contributed by atoms with Crippen LogP contribution < -0.4 is 4.74 Å². The van der Waals surface area contributed by atoms with Gasteiger partial charge in [0, 0.05) is 21.6 Å². The fraction of sp³-hybridized carbons (Fsp3) is 0.154. The smallest absolute Gasteiger partial charge is 0.130 e. The number of hydrogen-bond acceptors (Lipinski definition) is 2. The lowest BCUT2D eigenvalue weighted by atomic mass is 10.2. The second-order valence-electron chi connectivity index (χ2n) is 3.64. The predicted molar refractivity (Wildman–Crippen MR) is 75.3 cm³/mol. The number of alkyl halides is 1. The number of benzene rings is 1. The zero-order valence-corrected chi connectivity index (χ0v) is 12.5. The van der Waals surface area contributed by atoms with Crippen molar-refractivity contribution in [3.63, 3.8) is 0 Å². The number of hydrogen-bond donors (Lipinski definition) is 0. The molecule has 0 aliphatic heterocycles. The molecule has 0 aliphatic carbocycles. The molecule has 1 aromatic carbocycles. The highest BCUT2D eigenvalue weighted by Crippen LogP contribution is 2.23. The second-order valence-corrected chi connectivity index (χ2v) is 5.12. The first-order valence-corrected chi connectivity index (χ1v) is 7.18. The Morgan fingerprint density at radius 2 is 2.06 bits per heavy atom. The van der Waals surface area contributed by atoms with E-state index in [2.05, 4.69) is 36.8 Å². The largest absolute Gasteiger partial charge is 0.487 e. The third-order valence-corrected chi connectivity index (χ3v) is 3.40. The van der Waals surface area contributed by atoms with Crippen molar-refractivity contribution >= 4 is 31.9 Å². The third kappa shape index (κ3) is 3.53. The average molecular weight is 375 g/mol. The van der Waals surface area contributed by atoms with Crippen LogP contribution in [0.15, 0.2) is 41.0 Å². The second kappa shape index (κ2) is 6.29. The Balaban J connectivity index is 2.08. The first kappa shape index (κ1) is 13.5. The average Bonchev–Trinajstić information content (AvgIpc) is 2.39. The van der Waals surface area contributed by atoms with Crippen molar-refractivity contribution in [2.75, 3.05) is 0 Å².